The van der Waals surface area contributed by atoms with Crippen molar-refractivity contribution in [3.63, 3.8) is 0 Å². The molecular formula is C14H19N5. The topological polar surface area (TPSA) is 67.9 Å². The number of nitrogens with two attached hydrogens (primary N) is 1. The van der Waals surface area contributed by atoms with Crippen LogP contribution in [0.1, 0.15) is 18.1 Å². The molecule has 0 fully saturated rings. The Hall–Kier alpha value is -2.01. The summed E-state index contributed by atoms with van der Waals surface area (Å²) >= 11 is 0. The maximum atomic E-state index is 5.75. The first-order chi connectivity index (χ1) is 9.15. The zero-order valence-electron chi connectivity index (χ0n) is 11.3. The normalized spacial score (nSPS) is 12.2. The quantitative estimate of drug-likeness (QED) is 0.877. The first-order valence-electron chi connectivity index (χ1n) is 6.31. The van der Waals surface area contributed by atoms with Crippen LogP contribution in [0.2, 0.25) is 0 Å². The summed E-state index contributed by atoms with van der Waals surface area (Å²) in [7, 11) is 1.97. The van der Waals surface area contributed by atoms with Gasteiger partial charge in [-0.15, -0.1) is 0 Å². The molecule has 2 N–H and O–H groups in total. The fourth-order valence-electron chi connectivity index (χ4n) is 1.86. The van der Waals surface area contributed by atoms with Crippen LogP contribution >= 0.6 is 0 Å². The minimum Gasteiger partial charge on any atom is -0.340 e. The lowest BCUT2D eigenvalue weighted by Crippen LogP contribution is -2.20. The standard InChI is InChI=1S/C14H19N5/c1-11(15)6-13-8-17-14(18-9-13)19(2)10-12-4-3-5-16-7-12/h3-5,7-9,11H,6,10,15H2,1-2H3. The summed E-state index contributed by atoms with van der Waals surface area (Å²) in [6.07, 6.45) is 8.09. The van der Waals surface area contributed by atoms with E-state index in [0.717, 1.165) is 24.1 Å². The first-order valence-corrected chi connectivity index (χ1v) is 6.31. The molecule has 100 valence electrons. The molecule has 1 unspecified atom stereocenters. The number of rotatable bonds is 5. The van der Waals surface area contributed by atoms with E-state index in [0.29, 0.717) is 5.95 Å². The molecule has 0 saturated carbocycles. The van der Waals surface area contributed by atoms with Gasteiger partial charge in [0.1, 0.15) is 0 Å². The molecule has 0 spiro atoms. The third-order valence-electron chi connectivity index (χ3n) is 2.73. The molecule has 5 heteroatoms. The Bertz CT molecular complexity index is 495. The zero-order valence-corrected chi connectivity index (χ0v) is 11.3. The van der Waals surface area contributed by atoms with E-state index in [9.17, 15) is 0 Å². The predicted molar refractivity (Wildman–Crippen MR) is 75.7 cm³/mol. The van der Waals surface area contributed by atoms with Gasteiger partial charge in [0, 0.05) is 44.4 Å². The highest BCUT2D eigenvalue weighted by Gasteiger charge is 2.06. The van der Waals surface area contributed by atoms with Gasteiger partial charge in [-0.3, -0.25) is 4.98 Å². The van der Waals surface area contributed by atoms with Crippen LogP contribution in [0, 0.1) is 0 Å². The molecule has 0 aliphatic rings. The lowest BCUT2D eigenvalue weighted by Gasteiger charge is -2.17. The second kappa shape index (κ2) is 6.24. The molecule has 1 atom stereocenters. The molecule has 2 rings (SSSR count). The molecule has 0 bridgehead atoms. The van der Waals surface area contributed by atoms with Crippen molar-refractivity contribution < 1.29 is 0 Å². The van der Waals surface area contributed by atoms with Gasteiger partial charge in [0.05, 0.1) is 0 Å². The summed E-state index contributed by atoms with van der Waals surface area (Å²) in [5.74, 6) is 0.706. The van der Waals surface area contributed by atoms with Crippen molar-refractivity contribution in [3.8, 4) is 0 Å². The van der Waals surface area contributed by atoms with Crippen LogP contribution in [0.25, 0.3) is 0 Å². The maximum Gasteiger partial charge on any atom is 0.225 e. The van der Waals surface area contributed by atoms with Crippen molar-refractivity contribution in [2.75, 3.05) is 11.9 Å². The van der Waals surface area contributed by atoms with Crippen LogP contribution in [-0.2, 0) is 13.0 Å². The van der Waals surface area contributed by atoms with E-state index in [2.05, 4.69) is 15.0 Å². The van der Waals surface area contributed by atoms with Crippen molar-refractivity contribution in [2.24, 2.45) is 5.73 Å². The van der Waals surface area contributed by atoms with Crippen LogP contribution < -0.4 is 10.6 Å². The van der Waals surface area contributed by atoms with Gasteiger partial charge < -0.3 is 10.6 Å². The molecule has 5 nitrogen and oxygen atoms in total. The smallest absolute Gasteiger partial charge is 0.225 e. The molecule has 2 aromatic heterocycles. The van der Waals surface area contributed by atoms with E-state index in [1.54, 1.807) is 6.20 Å². The zero-order chi connectivity index (χ0) is 13.7. The van der Waals surface area contributed by atoms with Gasteiger partial charge in [-0.05, 0) is 30.5 Å². The van der Waals surface area contributed by atoms with Crippen molar-refractivity contribution in [3.05, 3.63) is 48.0 Å². The molecule has 0 aliphatic carbocycles. The minimum absolute atomic E-state index is 0.127. The van der Waals surface area contributed by atoms with Crippen LogP contribution in [0.3, 0.4) is 0 Å². The van der Waals surface area contributed by atoms with Gasteiger partial charge in [-0.1, -0.05) is 6.07 Å². The lowest BCUT2D eigenvalue weighted by molar-refractivity contribution is 0.730. The number of aromatic nitrogens is 3. The van der Waals surface area contributed by atoms with E-state index in [1.165, 1.54) is 0 Å². The third kappa shape index (κ3) is 3.99. The van der Waals surface area contributed by atoms with Crippen molar-refractivity contribution in [1.82, 2.24) is 15.0 Å². The van der Waals surface area contributed by atoms with Gasteiger partial charge in [0.15, 0.2) is 0 Å². The third-order valence-corrected chi connectivity index (χ3v) is 2.73. The Morgan fingerprint density at radius 1 is 1.21 bits per heavy atom. The van der Waals surface area contributed by atoms with Crippen LogP contribution in [0.15, 0.2) is 36.9 Å². The molecule has 0 amide bonds. The summed E-state index contributed by atoms with van der Waals surface area (Å²) in [5.41, 5.74) is 7.95. The Balaban J connectivity index is 2.01. The fraction of sp³-hybridized carbons (Fsp3) is 0.357. The van der Waals surface area contributed by atoms with E-state index >= 15 is 0 Å². The molecule has 2 aromatic rings. The predicted octanol–water partition coefficient (Wildman–Crippen LogP) is 1.40. The van der Waals surface area contributed by atoms with E-state index in [-0.39, 0.29) is 6.04 Å². The highest BCUT2D eigenvalue weighted by Crippen LogP contribution is 2.10. The average molecular weight is 257 g/mol. The number of anilines is 1. The summed E-state index contributed by atoms with van der Waals surface area (Å²) in [6.45, 7) is 2.71. The van der Waals surface area contributed by atoms with Crippen molar-refractivity contribution in [2.45, 2.75) is 25.9 Å². The molecule has 2 heterocycles. The monoisotopic (exact) mass is 257 g/mol. The van der Waals surface area contributed by atoms with Crippen molar-refractivity contribution >= 4 is 5.95 Å². The highest BCUT2D eigenvalue weighted by molar-refractivity contribution is 5.30. The maximum absolute atomic E-state index is 5.75. The molecule has 0 saturated heterocycles. The SMILES string of the molecule is CC(N)Cc1cnc(N(C)Cc2cccnc2)nc1. The highest BCUT2D eigenvalue weighted by atomic mass is 15.2. The molecule has 0 aliphatic heterocycles. The molecular weight excluding hydrogens is 238 g/mol. The molecule has 19 heavy (non-hydrogen) atoms. The Morgan fingerprint density at radius 3 is 2.53 bits per heavy atom. The Kier molecular flexibility index (Phi) is 4.41. The molecule has 0 radical (unpaired) electrons. The number of hydrogen-bond acceptors (Lipinski definition) is 5. The fourth-order valence-corrected chi connectivity index (χ4v) is 1.86. The van der Waals surface area contributed by atoms with Crippen LogP contribution in [-0.4, -0.2) is 28.0 Å². The van der Waals surface area contributed by atoms with Gasteiger partial charge in [-0.2, -0.15) is 0 Å². The first kappa shape index (κ1) is 13.4. The minimum atomic E-state index is 0.127. The second-order valence-electron chi connectivity index (χ2n) is 4.79. The van der Waals surface area contributed by atoms with Crippen LogP contribution in [0.5, 0.6) is 0 Å². The second-order valence-corrected chi connectivity index (χ2v) is 4.79. The summed E-state index contributed by atoms with van der Waals surface area (Å²) in [5, 5.41) is 0. The largest absolute Gasteiger partial charge is 0.340 e. The van der Waals surface area contributed by atoms with Crippen molar-refractivity contribution in [1.29, 1.82) is 0 Å². The average Bonchev–Trinajstić information content (AvgIpc) is 2.40. The number of pyridine rings is 1. The Morgan fingerprint density at radius 2 is 1.95 bits per heavy atom. The van der Waals surface area contributed by atoms with Crippen LogP contribution in [0.4, 0.5) is 5.95 Å². The van der Waals surface area contributed by atoms with E-state index < -0.39 is 0 Å². The molecule has 0 aromatic carbocycles. The van der Waals surface area contributed by atoms with E-state index in [1.807, 2.05) is 49.6 Å². The van der Waals surface area contributed by atoms with E-state index in [4.69, 9.17) is 5.73 Å². The summed E-state index contributed by atoms with van der Waals surface area (Å²) in [6, 6.07) is 4.09. The van der Waals surface area contributed by atoms with Gasteiger partial charge in [0.25, 0.3) is 0 Å². The number of nitrogens with zero attached hydrogens (tertiary/aromatic N) is 4. The van der Waals surface area contributed by atoms with Gasteiger partial charge >= 0.3 is 0 Å². The van der Waals surface area contributed by atoms with Gasteiger partial charge in [0.2, 0.25) is 5.95 Å². The lowest BCUT2D eigenvalue weighted by atomic mass is 10.1. The number of hydrogen-bond donors (Lipinski definition) is 1. The summed E-state index contributed by atoms with van der Waals surface area (Å²) in [4.78, 5) is 14.8. The van der Waals surface area contributed by atoms with Gasteiger partial charge in [-0.25, -0.2) is 9.97 Å². The summed E-state index contributed by atoms with van der Waals surface area (Å²) < 4.78 is 0. The Labute approximate surface area is 113 Å².